The van der Waals surface area contributed by atoms with E-state index in [0.29, 0.717) is 29.4 Å². The Labute approximate surface area is 131 Å². The largest absolute Gasteiger partial charge is 0.397 e. The Kier molecular flexibility index (Phi) is 6.95. The molecule has 0 spiro atoms. The first-order valence-corrected chi connectivity index (χ1v) is 7.47. The summed E-state index contributed by atoms with van der Waals surface area (Å²) in [6.07, 6.45) is 0.643. The van der Waals surface area contributed by atoms with Gasteiger partial charge in [-0.3, -0.25) is 9.69 Å². The highest BCUT2D eigenvalue weighted by atomic mass is 35.5. The van der Waals surface area contributed by atoms with Crippen molar-refractivity contribution in [2.75, 3.05) is 24.2 Å². The number of anilines is 2. The molecule has 0 aliphatic carbocycles. The minimum atomic E-state index is -0.298. The van der Waals surface area contributed by atoms with Gasteiger partial charge in [-0.05, 0) is 45.4 Å². The Morgan fingerprint density at radius 3 is 2.62 bits per heavy atom. The lowest BCUT2D eigenvalue weighted by Crippen LogP contribution is -2.46. The number of nitrogens with two attached hydrogens (primary N) is 1. The summed E-state index contributed by atoms with van der Waals surface area (Å²) in [4.78, 5) is 14.4. The summed E-state index contributed by atoms with van der Waals surface area (Å²) < 4.78 is 0. The van der Waals surface area contributed by atoms with Gasteiger partial charge in [-0.25, -0.2) is 0 Å². The first-order chi connectivity index (χ1) is 9.86. The maximum Gasteiger partial charge on any atom is 0.241 e. The monoisotopic (exact) mass is 313 g/mol. The predicted molar refractivity (Wildman–Crippen MR) is 87.5 cm³/mol. The van der Waals surface area contributed by atoms with Gasteiger partial charge in [0.1, 0.15) is 0 Å². The van der Waals surface area contributed by atoms with E-state index >= 15 is 0 Å². The zero-order chi connectivity index (χ0) is 16.0. The van der Waals surface area contributed by atoms with Crippen LogP contribution in [-0.2, 0) is 4.79 Å². The van der Waals surface area contributed by atoms with Gasteiger partial charge in [0.05, 0.1) is 16.8 Å². The Morgan fingerprint density at radius 1 is 1.43 bits per heavy atom. The number of hydrogen-bond acceptors (Lipinski definition) is 4. The fourth-order valence-electron chi connectivity index (χ4n) is 2.17. The molecule has 1 atom stereocenters. The van der Waals surface area contributed by atoms with Crippen molar-refractivity contribution < 1.29 is 9.90 Å². The third-order valence-electron chi connectivity index (χ3n) is 3.38. The first kappa shape index (κ1) is 17.8. The van der Waals surface area contributed by atoms with Crippen LogP contribution >= 0.6 is 11.6 Å². The molecule has 1 aromatic carbocycles. The zero-order valence-electron chi connectivity index (χ0n) is 12.8. The Morgan fingerprint density at radius 2 is 2.10 bits per heavy atom. The minimum absolute atomic E-state index is 0.108. The molecule has 0 aliphatic heterocycles. The standard InChI is InChI=1S/C15H24ClN3O2/c1-10(2)19(7-4-8-20)11(3)15(21)18-12-5-6-13(16)14(17)9-12/h5-6,9-11,20H,4,7-8,17H2,1-3H3,(H,18,21). The number of nitrogens with zero attached hydrogens (tertiary/aromatic N) is 1. The highest BCUT2D eigenvalue weighted by molar-refractivity contribution is 6.33. The molecular weight excluding hydrogens is 290 g/mol. The third kappa shape index (κ3) is 5.19. The molecule has 1 amide bonds. The lowest BCUT2D eigenvalue weighted by atomic mass is 10.1. The Hall–Kier alpha value is -1.30. The number of carbonyl (C=O) groups is 1. The summed E-state index contributed by atoms with van der Waals surface area (Å²) in [6, 6.07) is 4.93. The summed E-state index contributed by atoms with van der Waals surface area (Å²) in [5, 5.41) is 12.3. The quantitative estimate of drug-likeness (QED) is 0.675. The van der Waals surface area contributed by atoms with Crippen LogP contribution in [0.1, 0.15) is 27.2 Å². The molecule has 1 aromatic rings. The number of aliphatic hydroxyl groups is 1. The number of carbonyl (C=O) groups excluding carboxylic acids is 1. The first-order valence-electron chi connectivity index (χ1n) is 7.09. The lowest BCUT2D eigenvalue weighted by molar-refractivity contribution is -0.121. The number of nitrogen functional groups attached to an aromatic ring is 1. The lowest BCUT2D eigenvalue weighted by Gasteiger charge is -2.31. The third-order valence-corrected chi connectivity index (χ3v) is 3.72. The molecule has 0 aromatic heterocycles. The second kappa shape index (κ2) is 8.22. The van der Waals surface area contributed by atoms with Crippen LogP contribution < -0.4 is 11.1 Å². The van der Waals surface area contributed by atoms with Crippen molar-refractivity contribution in [3.8, 4) is 0 Å². The van der Waals surface area contributed by atoms with E-state index in [1.807, 2.05) is 25.7 Å². The average molecular weight is 314 g/mol. The molecular formula is C15H24ClN3O2. The minimum Gasteiger partial charge on any atom is -0.397 e. The van der Waals surface area contributed by atoms with Crippen molar-refractivity contribution in [1.29, 1.82) is 0 Å². The number of rotatable bonds is 7. The summed E-state index contributed by atoms with van der Waals surface area (Å²) in [7, 11) is 0. The van der Waals surface area contributed by atoms with Gasteiger partial charge in [0.25, 0.3) is 0 Å². The highest BCUT2D eigenvalue weighted by Crippen LogP contribution is 2.22. The molecule has 0 saturated heterocycles. The molecule has 0 radical (unpaired) electrons. The molecule has 1 rings (SSSR count). The van der Waals surface area contributed by atoms with Crippen molar-refractivity contribution in [3.63, 3.8) is 0 Å². The average Bonchev–Trinajstić information content (AvgIpc) is 2.42. The van der Waals surface area contributed by atoms with Crippen LogP contribution in [0, 0.1) is 0 Å². The van der Waals surface area contributed by atoms with Gasteiger partial charge in [0, 0.05) is 24.9 Å². The summed E-state index contributed by atoms with van der Waals surface area (Å²) in [5.41, 5.74) is 6.78. The van der Waals surface area contributed by atoms with Crippen LogP contribution in [0.25, 0.3) is 0 Å². The number of halogens is 1. The maximum atomic E-state index is 12.3. The fourth-order valence-corrected chi connectivity index (χ4v) is 2.29. The molecule has 21 heavy (non-hydrogen) atoms. The van der Waals surface area contributed by atoms with E-state index in [9.17, 15) is 4.79 Å². The van der Waals surface area contributed by atoms with Gasteiger partial charge < -0.3 is 16.2 Å². The number of aliphatic hydroxyl groups excluding tert-OH is 1. The van der Waals surface area contributed by atoms with Crippen LogP contribution in [0.15, 0.2) is 18.2 Å². The van der Waals surface area contributed by atoms with Gasteiger partial charge >= 0.3 is 0 Å². The van der Waals surface area contributed by atoms with Crippen molar-refractivity contribution in [1.82, 2.24) is 4.90 Å². The zero-order valence-corrected chi connectivity index (χ0v) is 13.5. The van der Waals surface area contributed by atoms with E-state index in [0.717, 1.165) is 0 Å². The second-order valence-corrected chi connectivity index (χ2v) is 5.72. The summed E-state index contributed by atoms with van der Waals surface area (Å²) >= 11 is 5.86. The fraction of sp³-hybridized carbons (Fsp3) is 0.533. The topological polar surface area (TPSA) is 78.6 Å². The molecule has 5 nitrogen and oxygen atoms in total. The van der Waals surface area contributed by atoms with E-state index in [2.05, 4.69) is 5.32 Å². The van der Waals surface area contributed by atoms with Gasteiger partial charge in [0.15, 0.2) is 0 Å². The number of hydrogen-bond donors (Lipinski definition) is 3. The maximum absolute atomic E-state index is 12.3. The van der Waals surface area contributed by atoms with E-state index in [1.54, 1.807) is 18.2 Å². The number of benzene rings is 1. The molecule has 0 aliphatic rings. The molecule has 0 bridgehead atoms. The van der Waals surface area contributed by atoms with E-state index < -0.39 is 0 Å². The van der Waals surface area contributed by atoms with Crippen LogP contribution in [-0.4, -0.2) is 41.1 Å². The van der Waals surface area contributed by atoms with Crippen molar-refractivity contribution in [3.05, 3.63) is 23.2 Å². The SMILES string of the molecule is CC(C)N(CCCO)C(C)C(=O)Nc1ccc(Cl)c(N)c1. The van der Waals surface area contributed by atoms with E-state index in [-0.39, 0.29) is 24.6 Å². The predicted octanol–water partition coefficient (Wildman–Crippen LogP) is 2.34. The second-order valence-electron chi connectivity index (χ2n) is 5.31. The molecule has 118 valence electrons. The smallest absolute Gasteiger partial charge is 0.241 e. The molecule has 1 unspecified atom stereocenters. The number of nitrogens with one attached hydrogen (secondary N) is 1. The van der Waals surface area contributed by atoms with Crippen LogP contribution in [0.2, 0.25) is 5.02 Å². The Balaban J connectivity index is 2.73. The normalized spacial score (nSPS) is 12.7. The molecule has 0 saturated carbocycles. The summed E-state index contributed by atoms with van der Waals surface area (Å²) in [6.45, 7) is 6.70. The van der Waals surface area contributed by atoms with E-state index in [4.69, 9.17) is 22.4 Å². The highest BCUT2D eigenvalue weighted by Gasteiger charge is 2.23. The van der Waals surface area contributed by atoms with Crippen molar-refractivity contribution >= 4 is 28.9 Å². The molecule has 4 N–H and O–H groups in total. The number of amides is 1. The van der Waals surface area contributed by atoms with Crippen LogP contribution in [0.4, 0.5) is 11.4 Å². The van der Waals surface area contributed by atoms with Gasteiger partial charge in [0.2, 0.25) is 5.91 Å². The molecule has 6 heteroatoms. The molecule has 0 heterocycles. The van der Waals surface area contributed by atoms with Crippen LogP contribution in [0.5, 0.6) is 0 Å². The van der Waals surface area contributed by atoms with Gasteiger partial charge in [-0.15, -0.1) is 0 Å². The summed E-state index contributed by atoms with van der Waals surface area (Å²) in [5.74, 6) is -0.108. The molecule has 0 fully saturated rings. The van der Waals surface area contributed by atoms with Gasteiger partial charge in [-0.2, -0.15) is 0 Å². The van der Waals surface area contributed by atoms with Gasteiger partial charge in [-0.1, -0.05) is 11.6 Å². The Bertz CT molecular complexity index is 480. The van der Waals surface area contributed by atoms with Crippen LogP contribution in [0.3, 0.4) is 0 Å². The van der Waals surface area contributed by atoms with Crippen molar-refractivity contribution in [2.24, 2.45) is 0 Å². The van der Waals surface area contributed by atoms with Crippen molar-refractivity contribution in [2.45, 2.75) is 39.3 Å². The van der Waals surface area contributed by atoms with E-state index in [1.165, 1.54) is 0 Å².